The van der Waals surface area contributed by atoms with Gasteiger partial charge in [-0.2, -0.15) is 0 Å². The third-order valence-electron chi connectivity index (χ3n) is 3.23. The van der Waals surface area contributed by atoms with Crippen molar-refractivity contribution < 1.29 is 18.7 Å². The van der Waals surface area contributed by atoms with Crippen LogP contribution >= 0.6 is 11.6 Å². The van der Waals surface area contributed by atoms with Crippen LogP contribution in [0.5, 0.6) is 0 Å². The standard InChI is InChI=1S/C16H15ClF2N2O2/c1-9-2-4-11(18)7-14(9)21-16(23)20-8-15(22)10-3-5-12(17)13(19)6-10/h2-7,15,22H,8H2,1H3,(H2,20,21,23). The predicted molar refractivity (Wildman–Crippen MR) is 84.5 cm³/mol. The molecule has 2 aromatic carbocycles. The SMILES string of the molecule is Cc1ccc(F)cc1NC(=O)NCC(O)c1ccc(Cl)c(F)c1. The molecule has 122 valence electrons. The predicted octanol–water partition coefficient (Wildman–Crippen LogP) is 3.78. The number of aryl methyl sites for hydroxylation is 1. The molecule has 0 aliphatic rings. The number of amides is 2. The van der Waals surface area contributed by atoms with Gasteiger partial charge < -0.3 is 15.7 Å². The highest BCUT2D eigenvalue weighted by atomic mass is 35.5. The smallest absolute Gasteiger partial charge is 0.319 e. The third kappa shape index (κ3) is 4.64. The van der Waals surface area contributed by atoms with E-state index in [1.165, 1.54) is 30.3 Å². The fourth-order valence-electron chi connectivity index (χ4n) is 1.92. The van der Waals surface area contributed by atoms with E-state index in [9.17, 15) is 18.7 Å². The van der Waals surface area contributed by atoms with E-state index in [-0.39, 0.29) is 17.1 Å². The maximum atomic E-state index is 13.3. The van der Waals surface area contributed by atoms with Crippen LogP contribution in [-0.2, 0) is 0 Å². The van der Waals surface area contributed by atoms with Gasteiger partial charge in [0.1, 0.15) is 11.6 Å². The summed E-state index contributed by atoms with van der Waals surface area (Å²) in [5.41, 5.74) is 1.31. The maximum absolute atomic E-state index is 13.3. The van der Waals surface area contributed by atoms with E-state index in [1.807, 2.05) is 0 Å². The molecule has 0 bridgehead atoms. The van der Waals surface area contributed by atoms with Crippen molar-refractivity contribution in [2.45, 2.75) is 13.0 Å². The Balaban J connectivity index is 1.93. The molecule has 23 heavy (non-hydrogen) atoms. The van der Waals surface area contributed by atoms with E-state index in [1.54, 1.807) is 6.92 Å². The minimum Gasteiger partial charge on any atom is -0.387 e. The first-order valence-electron chi connectivity index (χ1n) is 6.81. The summed E-state index contributed by atoms with van der Waals surface area (Å²) in [6.07, 6.45) is -1.10. The highest BCUT2D eigenvalue weighted by molar-refractivity contribution is 6.30. The lowest BCUT2D eigenvalue weighted by Crippen LogP contribution is -2.32. The van der Waals surface area contributed by atoms with Gasteiger partial charge in [-0.25, -0.2) is 13.6 Å². The Hall–Kier alpha value is -2.18. The number of carbonyl (C=O) groups excluding carboxylic acids is 1. The average molecular weight is 341 g/mol. The summed E-state index contributed by atoms with van der Waals surface area (Å²) in [4.78, 5) is 11.8. The summed E-state index contributed by atoms with van der Waals surface area (Å²) in [5.74, 6) is -1.12. The Morgan fingerprint density at radius 1 is 1.26 bits per heavy atom. The van der Waals surface area contributed by atoms with E-state index in [2.05, 4.69) is 10.6 Å². The van der Waals surface area contributed by atoms with E-state index < -0.39 is 23.8 Å². The lowest BCUT2D eigenvalue weighted by atomic mass is 10.1. The first-order chi connectivity index (χ1) is 10.9. The van der Waals surface area contributed by atoms with Crippen LogP contribution < -0.4 is 10.6 Å². The summed E-state index contributed by atoms with van der Waals surface area (Å²) < 4.78 is 26.5. The Bertz CT molecular complexity index is 725. The summed E-state index contributed by atoms with van der Waals surface area (Å²) >= 11 is 5.56. The molecular formula is C16H15ClF2N2O2. The van der Waals surface area contributed by atoms with Crippen molar-refractivity contribution in [2.24, 2.45) is 0 Å². The number of nitrogens with one attached hydrogen (secondary N) is 2. The second-order valence-electron chi connectivity index (χ2n) is 4.98. The number of carbonyl (C=O) groups is 1. The van der Waals surface area contributed by atoms with Gasteiger partial charge in [0.05, 0.1) is 11.1 Å². The lowest BCUT2D eigenvalue weighted by Gasteiger charge is -2.14. The molecule has 1 unspecified atom stereocenters. The van der Waals surface area contributed by atoms with Gasteiger partial charge in [0.25, 0.3) is 0 Å². The number of aliphatic hydroxyl groups is 1. The Morgan fingerprint density at radius 2 is 2.00 bits per heavy atom. The van der Waals surface area contributed by atoms with Crippen LogP contribution in [0.15, 0.2) is 36.4 Å². The molecule has 4 nitrogen and oxygen atoms in total. The van der Waals surface area contributed by atoms with E-state index in [0.29, 0.717) is 11.3 Å². The molecule has 1 atom stereocenters. The van der Waals surface area contributed by atoms with Crippen LogP contribution in [0.25, 0.3) is 0 Å². The van der Waals surface area contributed by atoms with Crippen LogP contribution in [0.4, 0.5) is 19.3 Å². The van der Waals surface area contributed by atoms with Crippen molar-refractivity contribution in [3.05, 3.63) is 64.2 Å². The molecule has 0 heterocycles. The summed E-state index contributed by atoms with van der Waals surface area (Å²) in [7, 11) is 0. The highest BCUT2D eigenvalue weighted by Crippen LogP contribution is 2.20. The van der Waals surface area contributed by atoms with Gasteiger partial charge in [-0.1, -0.05) is 23.7 Å². The molecule has 0 spiro atoms. The first-order valence-corrected chi connectivity index (χ1v) is 7.18. The number of hydrogen-bond donors (Lipinski definition) is 3. The number of hydrogen-bond acceptors (Lipinski definition) is 2. The summed E-state index contributed by atoms with van der Waals surface area (Å²) in [6.45, 7) is 1.58. The van der Waals surface area contributed by atoms with Crippen LogP contribution in [0.1, 0.15) is 17.2 Å². The number of benzene rings is 2. The van der Waals surface area contributed by atoms with Crippen LogP contribution in [0.3, 0.4) is 0 Å². The fraction of sp³-hybridized carbons (Fsp3) is 0.188. The molecule has 2 rings (SSSR count). The fourth-order valence-corrected chi connectivity index (χ4v) is 2.04. The quantitative estimate of drug-likeness (QED) is 0.793. The minimum absolute atomic E-state index is 0.0479. The highest BCUT2D eigenvalue weighted by Gasteiger charge is 2.12. The van der Waals surface area contributed by atoms with Gasteiger partial charge in [0.2, 0.25) is 0 Å². The zero-order valence-corrected chi connectivity index (χ0v) is 13.0. The van der Waals surface area contributed by atoms with Crippen LogP contribution in [0, 0.1) is 18.6 Å². The third-order valence-corrected chi connectivity index (χ3v) is 3.54. The molecule has 0 aliphatic heterocycles. The molecule has 2 aromatic rings. The summed E-state index contributed by atoms with van der Waals surface area (Å²) in [6, 6.07) is 7.31. The summed E-state index contributed by atoms with van der Waals surface area (Å²) in [5, 5.41) is 14.8. The van der Waals surface area contributed by atoms with Crippen molar-refractivity contribution in [2.75, 3.05) is 11.9 Å². The zero-order valence-electron chi connectivity index (χ0n) is 12.2. The van der Waals surface area contributed by atoms with Gasteiger partial charge in [-0.15, -0.1) is 0 Å². The topological polar surface area (TPSA) is 61.4 Å². The van der Waals surface area contributed by atoms with E-state index in [0.717, 1.165) is 6.07 Å². The van der Waals surface area contributed by atoms with Crippen molar-refractivity contribution in [1.29, 1.82) is 0 Å². The van der Waals surface area contributed by atoms with Crippen molar-refractivity contribution in [3.63, 3.8) is 0 Å². The number of urea groups is 1. The molecule has 7 heteroatoms. The molecule has 3 N–H and O–H groups in total. The van der Waals surface area contributed by atoms with Gasteiger partial charge in [-0.3, -0.25) is 0 Å². The van der Waals surface area contributed by atoms with Crippen molar-refractivity contribution in [3.8, 4) is 0 Å². The van der Waals surface area contributed by atoms with Crippen molar-refractivity contribution >= 4 is 23.3 Å². The number of aliphatic hydroxyl groups excluding tert-OH is 1. The maximum Gasteiger partial charge on any atom is 0.319 e. The van der Waals surface area contributed by atoms with Crippen LogP contribution in [-0.4, -0.2) is 17.7 Å². The largest absolute Gasteiger partial charge is 0.387 e. The molecule has 0 saturated heterocycles. The molecule has 0 fully saturated rings. The Morgan fingerprint density at radius 3 is 2.70 bits per heavy atom. The monoisotopic (exact) mass is 340 g/mol. The van der Waals surface area contributed by atoms with Gasteiger partial charge >= 0.3 is 6.03 Å². The average Bonchev–Trinajstić information content (AvgIpc) is 2.51. The molecule has 0 radical (unpaired) electrons. The molecular weight excluding hydrogens is 326 g/mol. The second kappa shape index (κ2) is 7.39. The molecule has 2 amide bonds. The Kier molecular flexibility index (Phi) is 5.52. The normalized spacial score (nSPS) is 11.9. The molecule has 0 aromatic heterocycles. The zero-order chi connectivity index (χ0) is 17.0. The van der Waals surface area contributed by atoms with E-state index in [4.69, 9.17) is 11.6 Å². The second-order valence-corrected chi connectivity index (χ2v) is 5.39. The number of rotatable bonds is 4. The van der Waals surface area contributed by atoms with E-state index >= 15 is 0 Å². The van der Waals surface area contributed by atoms with Crippen molar-refractivity contribution in [1.82, 2.24) is 5.32 Å². The molecule has 0 aliphatic carbocycles. The van der Waals surface area contributed by atoms with Gasteiger partial charge in [0.15, 0.2) is 0 Å². The number of halogens is 3. The van der Waals surface area contributed by atoms with Gasteiger partial charge in [0, 0.05) is 12.2 Å². The number of anilines is 1. The minimum atomic E-state index is -1.10. The van der Waals surface area contributed by atoms with Gasteiger partial charge in [-0.05, 0) is 42.3 Å². The first kappa shape index (κ1) is 17.2. The Labute approximate surface area is 137 Å². The van der Waals surface area contributed by atoms with Crippen LogP contribution in [0.2, 0.25) is 5.02 Å². The lowest BCUT2D eigenvalue weighted by molar-refractivity contribution is 0.174. The molecule has 0 saturated carbocycles.